The number of nitrogens with one attached hydrogen (secondary N) is 2. The molecule has 3 atom stereocenters. The van der Waals surface area contributed by atoms with E-state index in [4.69, 9.17) is 18.8 Å². The van der Waals surface area contributed by atoms with E-state index in [0.29, 0.717) is 42.9 Å². The average Bonchev–Trinajstić information content (AvgIpc) is 3.12. The van der Waals surface area contributed by atoms with Gasteiger partial charge in [-0.1, -0.05) is 26.5 Å². The summed E-state index contributed by atoms with van der Waals surface area (Å²) in [4.78, 5) is 26.3. The molecule has 1 saturated heterocycles. The van der Waals surface area contributed by atoms with E-state index in [9.17, 15) is 14.7 Å². The van der Waals surface area contributed by atoms with Gasteiger partial charge < -0.3 is 34.5 Å². The van der Waals surface area contributed by atoms with Gasteiger partial charge in [-0.3, -0.25) is 9.59 Å². The number of aliphatic hydroxyl groups is 1. The highest BCUT2D eigenvalue weighted by atomic mass is 16.7. The number of methoxy groups -OCH3 is 2. The minimum Gasteiger partial charge on any atom is -0.536 e. The van der Waals surface area contributed by atoms with E-state index in [2.05, 4.69) is 17.2 Å². The highest BCUT2D eigenvalue weighted by Gasteiger charge is 2.47. The molecule has 1 fully saturated rings. The number of hydrogen-bond donors (Lipinski definition) is 3. The van der Waals surface area contributed by atoms with Crippen LogP contribution < -0.4 is 20.1 Å². The molecule has 2 aliphatic rings. The Hall–Kier alpha value is -2.72. The van der Waals surface area contributed by atoms with Gasteiger partial charge in [0.05, 0.1) is 32.5 Å². The predicted molar refractivity (Wildman–Crippen MR) is 137 cm³/mol. The summed E-state index contributed by atoms with van der Waals surface area (Å²) in [6, 6.07) is 2.76. The summed E-state index contributed by atoms with van der Waals surface area (Å²) in [6.07, 6.45) is 2.38. The van der Waals surface area contributed by atoms with E-state index < -0.39 is 37.2 Å². The Kier molecular flexibility index (Phi) is 8.95. The van der Waals surface area contributed by atoms with Crippen LogP contribution in [-0.2, 0) is 31.7 Å². The van der Waals surface area contributed by atoms with Crippen LogP contribution in [0.1, 0.15) is 51.7 Å². The van der Waals surface area contributed by atoms with Crippen molar-refractivity contribution in [3.8, 4) is 11.5 Å². The van der Waals surface area contributed by atoms with Crippen LogP contribution >= 0.6 is 0 Å². The topological polar surface area (TPSA) is 115 Å². The molecule has 0 radical (unpaired) electrons. The van der Waals surface area contributed by atoms with E-state index in [1.165, 1.54) is 0 Å². The first-order valence-corrected chi connectivity index (χ1v) is 12.5. The van der Waals surface area contributed by atoms with Gasteiger partial charge in [0.25, 0.3) is 0 Å². The van der Waals surface area contributed by atoms with Crippen LogP contribution in [0.15, 0.2) is 24.5 Å². The number of aryl methyl sites for hydroxylation is 1. The van der Waals surface area contributed by atoms with Gasteiger partial charge in [-0.2, -0.15) is 0 Å². The second-order valence-corrected chi connectivity index (χ2v) is 10.4. The first-order valence-electron chi connectivity index (χ1n) is 12.5. The summed E-state index contributed by atoms with van der Waals surface area (Å²) in [5.74, 6) is 0.364. The van der Waals surface area contributed by atoms with Gasteiger partial charge in [0.2, 0.25) is 11.8 Å². The summed E-state index contributed by atoms with van der Waals surface area (Å²) in [5, 5.41) is 15.6. The van der Waals surface area contributed by atoms with E-state index >= 15 is 0 Å². The molecular formula is C26H39BN2O7. The first-order chi connectivity index (χ1) is 17.0. The SMILES string of the molecule is C=C1OB(C(CC(C)C)NC(=O)[C@H](CO)NC(=O)C2CCc3ccc(OC)c(OC)c3C2)OC1(C)C. The number of ether oxygens (including phenoxy) is 2. The van der Waals surface area contributed by atoms with Gasteiger partial charge in [0, 0.05) is 11.5 Å². The lowest BCUT2D eigenvalue weighted by atomic mass is 9.74. The molecule has 10 heteroatoms. The highest BCUT2D eigenvalue weighted by molar-refractivity contribution is 6.48. The van der Waals surface area contributed by atoms with Gasteiger partial charge in [-0.05, 0) is 57.1 Å². The van der Waals surface area contributed by atoms with Crippen molar-refractivity contribution in [2.24, 2.45) is 11.8 Å². The normalized spacial score (nSPS) is 20.3. The lowest BCUT2D eigenvalue weighted by Crippen LogP contribution is -2.56. The van der Waals surface area contributed by atoms with Gasteiger partial charge in [0.1, 0.15) is 11.6 Å². The molecule has 1 heterocycles. The van der Waals surface area contributed by atoms with Gasteiger partial charge >= 0.3 is 7.12 Å². The van der Waals surface area contributed by atoms with Crippen molar-refractivity contribution in [1.82, 2.24) is 10.6 Å². The number of benzene rings is 1. The van der Waals surface area contributed by atoms with Crippen LogP contribution in [0, 0.1) is 11.8 Å². The molecule has 1 aromatic rings. The standard InChI is InChI=1S/C26H39BN2O7/c1-15(2)12-22(27-35-16(3)26(4,5)36-27)29-25(32)20(14-30)28-24(31)18-9-8-17-10-11-21(33-6)23(34-7)19(17)13-18/h10-11,15,18,20,22,30H,3,8-9,12-14H2,1-2,4-7H3,(H,28,31)(H,29,32)/t18?,20-,22?/m0/s1. The minimum absolute atomic E-state index is 0.246. The van der Waals surface area contributed by atoms with Crippen molar-refractivity contribution in [1.29, 1.82) is 0 Å². The summed E-state index contributed by atoms with van der Waals surface area (Å²) >= 11 is 0. The van der Waals surface area contributed by atoms with E-state index in [1.54, 1.807) is 14.2 Å². The van der Waals surface area contributed by atoms with Gasteiger partial charge in [-0.25, -0.2) is 0 Å². The third kappa shape index (κ3) is 6.15. The van der Waals surface area contributed by atoms with Crippen molar-refractivity contribution in [3.05, 3.63) is 35.6 Å². The second-order valence-electron chi connectivity index (χ2n) is 10.4. The van der Waals surface area contributed by atoms with Crippen molar-refractivity contribution in [2.75, 3.05) is 20.8 Å². The number of amides is 2. The third-order valence-corrected chi connectivity index (χ3v) is 6.87. The molecule has 0 aromatic heterocycles. The maximum Gasteiger partial charge on any atom is 0.549 e. The minimum atomic E-state index is -1.10. The van der Waals surface area contributed by atoms with Crippen LogP contribution in [0.4, 0.5) is 0 Å². The number of hydrogen-bond acceptors (Lipinski definition) is 7. The predicted octanol–water partition coefficient (Wildman–Crippen LogP) is 2.18. The zero-order chi connectivity index (χ0) is 26.6. The molecule has 0 bridgehead atoms. The number of fused-ring (bicyclic) bond motifs is 1. The Morgan fingerprint density at radius 2 is 1.97 bits per heavy atom. The fourth-order valence-electron chi connectivity index (χ4n) is 4.73. The molecule has 2 unspecified atom stereocenters. The van der Waals surface area contributed by atoms with Crippen LogP contribution in [0.2, 0.25) is 0 Å². The van der Waals surface area contributed by atoms with Crippen LogP contribution in [-0.4, -0.2) is 62.4 Å². The van der Waals surface area contributed by atoms with Crippen molar-refractivity contribution in [3.63, 3.8) is 0 Å². The Bertz CT molecular complexity index is 981. The van der Waals surface area contributed by atoms with E-state index in [0.717, 1.165) is 11.1 Å². The van der Waals surface area contributed by atoms with Crippen molar-refractivity contribution < 1.29 is 33.5 Å². The zero-order valence-electron chi connectivity index (χ0n) is 22.2. The summed E-state index contributed by atoms with van der Waals surface area (Å²) < 4.78 is 22.7. The average molecular weight is 502 g/mol. The van der Waals surface area contributed by atoms with E-state index in [-0.39, 0.29) is 17.7 Å². The van der Waals surface area contributed by atoms with E-state index in [1.807, 2.05) is 39.8 Å². The monoisotopic (exact) mass is 502 g/mol. The molecular weight excluding hydrogens is 463 g/mol. The summed E-state index contributed by atoms with van der Waals surface area (Å²) in [5.41, 5.74) is 1.38. The fourth-order valence-corrected chi connectivity index (χ4v) is 4.73. The zero-order valence-corrected chi connectivity index (χ0v) is 22.2. The molecule has 0 spiro atoms. The molecule has 0 saturated carbocycles. The smallest absolute Gasteiger partial charge is 0.536 e. The molecule has 198 valence electrons. The number of carbonyl (C=O) groups is 2. The maximum absolute atomic E-state index is 13.1. The van der Waals surface area contributed by atoms with Crippen LogP contribution in [0.25, 0.3) is 0 Å². The highest BCUT2D eigenvalue weighted by Crippen LogP contribution is 2.39. The van der Waals surface area contributed by atoms with Crippen molar-refractivity contribution in [2.45, 2.75) is 71.0 Å². The third-order valence-electron chi connectivity index (χ3n) is 6.87. The number of aliphatic hydroxyl groups excluding tert-OH is 1. The fraction of sp³-hybridized carbons (Fsp3) is 0.615. The number of carbonyl (C=O) groups excluding carboxylic acids is 2. The molecule has 1 aliphatic heterocycles. The molecule has 3 rings (SSSR count). The van der Waals surface area contributed by atoms with Crippen LogP contribution in [0.3, 0.4) is 0 Å². The Morgan fingerprint density at radius 3 is 2.53 bits per heavy atom. The quantitative estimate of drug-likeness (QED) is 0.420. The largest absolute Gasteiger partial charge is 0.549 e. The first kappa shape index (κ1) is 27.9. The lowest BCUT2D eigenvalue weighted by molar-refractivity contribution is -0.132. The second kappa shape index (κ2) is 11.6. The van der Waals surface area contributed by atoms with Gasteiger partial charge in [-0.15, -0.1) is 0 Å². The molecule has 36 heavy (non-hydrogen) atoms. The maximum atomic E-state index is 13.1. The van der Waals surface area contributed by atoms with Crippen LogP contribution in [0.5, 0.6) is 11.5 Å². The summed E-state index contributed by atoms with van der Waals surface area (Å²) in [6.45, 7) is 11.1. The van der Waals surface area contributed by atoms with Gasteiger partial charge in [0.15, 0.2) is 11.5 Å². The molecule has 9 nitrogen and oxygen atoms in total. The molecule has 3 N–H and O–H groups in total. The molecule has 2 amide bonds. The Labute approximate surface area is 214 Å². The molecule has 1 aromatic carbocycles. The number of rotatable bonds is 10. The summed E-state index contributed by atoms with van der Waals surface area (Å²) in [7, 11) is 2.45. The Balaban J connectivity index is 1.68. The Morgan fingerprint density at radius 1 is 1.25 bits per heavy atom. The molecule has 1 aliphatic carbocycles. The van der Waals surface area contributed by atoms with Crippen molar-refractivity contribution >= 4 is 18.9 Å². The lowest BCUT2D eigenvalue weighted by Gasteiger charge is -2.28.